The van der Waals surface area contributed by atoms with Gasteiger partial charge >= 0.3 is 0 Å². The third-order valence-electron chi connectivity index (χ3n) is 4.78. The van der Waals surface area contributed by atoms with Crippen molar-refractivity contribution in [1.29, 1.82) is 0 Å². The summed E-state index contributed by atoms with van der Waals surface area (Å²) in [6.07, 6.45) is 2.31. The first-order chi connectivity index (χ1) is 13.1. The van der Waals surface area contributed by atoms with Crippen LogP contribution < -0.4 is 5.32 Å². The van der Waals surface area contributed by atoms with Crippen LogP contribution in [0, 0.1) is 11.6 Å². The number of rotatable bonds is 5. The average molecular weight is 369 g/mol. The third kappa shape index (κ3) is 3.58. The van der Waals surface area contributed by atoms with Gasteiger partial charge in [0, 0.05) is 6.42 Å². The van der Waals surface area contributed by atoms with E-state index in [1.54, 1.807) is 0 Å². The molecule has 0 fully saturated rings. The second kappa shape index (κ2) is 7.26. The maximum Gasteiger partial charge on any atom is 0.263 e. The van der Waals surface area contributed by atoms with E-state index in [4.69, 9.17) is 4.52 Å². The van der Waals surface area contributed by atoms with E-state index in [0.29, 0.717) is 6.42 Å². The molecule has 27 heavy (non-hydrogen) atoms. The largest absolute Gasteiger partial charge is 0.349 e. The number of nitrogens with zero attached hydrogens (tertiary/aromatic N) is 2. The van der Waals surface area contributed by atoms with Crippen LogP contribution in [0.15, 0.2) is 47.0 Å². The Bertz CT molecular complexity index is 967. The van der Waals surface area contributed by atoms with Gasteiger partial charge in [0.05, 0.1) is 6.54 Å². The number of carbonyl (C=O) groups excluding carboxylic acids is 1. The average Bonchev–Trinajstić information content (AvgIpc) is 3.28. The summed E-state index contributed by atoms with van der Waals surface area (Å²) in [5.41, 5.74) is 2.15. The number of carbonyl (C=O) groups is 1. The van der Waals surface area contributed by atoms with Gasteiger partial charge in [0.1, 0.15) is 17.2 Å². The Morgan fingerprint density at radius 1 is 1.15 bits per heavy atom. The zero-order valence-electron chi connectivity index (χ0n) is 14.4. The second-order valence-corrected chi connectivity index (χ2v) is 6.53. The van der Waals surface area contributed by atoms with Gasteiger partial charge in [-0.1, -0.05) is 35.5 Å². The monoisotopic (exact) mass is 369 g/mol. The van der Waals surface area contributed by atoms with E-state index in [2.05, 4.69) is 27.6 Å². The fourth-order valence-corrected chi connectivity index (χ4v) is 3.46. The predicted octanol–water partition coefficient (Wildman–Crippen LogP) is 3.75. The number of benzene rings is 2. The SMILES string of the molecule is O=C(C[C@H]1CCc2ccccc21)NCc1noc(-c2c(F)cccc2F)n1. The minimum absolute atomic E-state index is 0.0345. The van der Waals surface area contributed by atoms with E-state index < -0.39 is 11.6 Å². The molecular formula is C20H17F2N3O2. The van der Waals surface area contributed by atoms with E-state index >= 15 is 0 Å². The summed E-state index contributed by atoms with van der Waals surface area (Å²) in [4.78, 5) is 16.2. The molecule has 0 bridgehead atoms. The normalized spacial score (nSPS) is 15.6. The van der Waals surface area contributed by atoms with Crippen LogP contribution in [0.1, 0.15) is 35.7 Å². The van der Waals surface area contributed by atoms with Crippen LogP contribution in [0.4, 0.5) is 8.78 Å². The van der Waals surface area contributed by atoms with Gasteiger partial charge in [-0.2, -0.15) is 4.98 Å². The summed E-state index contributed by atoms with van der Waals surface area (Å²) in [5.74, 6) is -1.58. The Morgan fingerprint density at radius 3 is 2.74 bits per heavy atom. The molecule has 0 saturated carbocycles. The Morgan fingerprint density at radius 2 is 1.93 bits per heavy atom. The van der Waals surface area contributed by atoms with Gasteiger partial charge in [0.25, 0.3) is 5.89 Å². The number of nitrogens with one attached hydrogen (secondary N) is 1. The molecule has 2 aromatic carbocycles. The zero-order valence-corrected chi connectivity index (χ0v) is 14.4. The van der Waals surface area contributed by atoms with Crippen LogP contribution in [0.3, 0.4) is 0 Å². The van der Waals surface area contributed by atoms with Crippen molar-refractivity contribution in [1.82, 2.24) is 15.5 Å². The first kappa shape index (κ1) is 17.3. The third-order valence-corrected chi connectivity index (χ3v) is 4.78. The molecule has 1 atom stereocenters. The lowest BCUT2D eigenvalue weighted by Gasteiger charge is -2.10. The molecule has 0 aliphatic heterocycles. The lowest BCUT2D eigenvalue weighted by Crippen LogP contribution is -2.24. The first-order valence-electron chi connectivity index (χ1n) is 8.73. The highest BCUT2D eigenvalue weighted by Gasteiger charge is 2.24. The van der Waals surface area contributed by atoms with Gasteiger partial charge in [-0.05, 0) is 42.0 Å². The lowest BCUT2D eigenvalue weighted by molar-refractivity contribution is -0.121. The molecule has 0 unspecified atom stereocenters. The van der Waals surface area contributed by atoms with E-state index in [1.165, 1.54) is 17.2 Å². The molecule has 1 aliphatic rings. The fraction of sp³-hybridized carbons (Fsp3) is 0.250. The van der Waals surface area contributed by atoms with Crippen molar-refractivity contribution in [2.24, 2.45) is 0 Å². The Hall–Kier alpha value is -3.09. The Kier molecular flexibility index (Phi) is 4.66. The highest BCUT2D eigenvalue weighted by Crippen LogP contribution is 2.35. The van der Waals surface area contributed by atoms with Crippen molar-refractivity contribution < 1.29 is 18.1 Å². The van der Waals surface area contributed by atoms with Crippen molar-refractivity contribution in [3.8, 4) is 11.5 Å². The van der Waals surface area contributed by atoms with Crippen molar-refractivity contribution in [3.05, 3.63) is 71.1 Å². The maximum atomic E-state index is 13.8. The summed E-state index contributed by atoms with van der Waals surface area (Å²) in [6, 6.07) is 11.6. The van der Waals surface area contributed by atoms with Crippen LogP contribution in [0.5, 0.6) is 0 Å². The molecule has 7 heteroatoms. The molecule has 0 spiro atoms. The summed E-state index contributed by atoms with van der Waals surface area (Å²) in [5, 5.41) is 6.42. The zero-order chi connectivity index (χ0) is 18.8. The smallest absolute Gasteiger partial charge is 0.263 e. The van der Waals surface area contributed by atoms with Gasteiger partial charge in [-0.15, -0.1) is 0 Å². The topological polar surface area (TPSA) is 68.0 Å². The van der Waals surface area contributed by atoms with Crippen molar-refractivity contribution >= 4 is 5.91 Å². The van der Waals surface area contributed by atoms with Crippen LogP contribution in [0.2, 0.25) is 0 Å². The molecule has 4 rings (SSSR count). The van der Waals surface area contributed by atoms with Crippen LogP contribution in [0.25, 0.3) is 11.5 Å². The van der Waals surface area contributed by atoms with Gasteiger partial charge in [0.2, 0.25) is 5.91 Å². The Labute approximate surface area is 154 Å². The molecule has 1 aromatic heterocycles. The van der Waals surface area contributed by atoms with Gasteiger partial charge in [0.15, 0.2) is 5.82 Å². The molecule has 1 N–H and O–H groups in total. The molecule has 1 heterocycles. The van der Waals surface area contributed by atoms with Gasteiger partial charge in [-0.3, -0.25) is 4.79 Å². The fourth-order valence-electron chi connectivity index (χ4n) is 3.46. The molecule has 1 amide bonds. The van der Waals surface area contributed by atoms with Crippen LogP contribution >= 0.6 is 0 Å². The summed E-state index contributed by atoms with van der Waals surface area (Å²) < 4.78 is 32.5. The minimum Gasteiger partial charge on any atom is -0.349 e. The molecule has 1 aliphatic carbocycles. The highest BCUT2D eigenvalue weighted by molar-refractivity contribution is 5.77. The number of hydrogen-bond donors (Lipinski definition) is 1. The highest BCUT2D eigenvalue weighted by atomic mass is 19.1. The number of halogens is 2. The molecule has 0 saturated heterocycles. The van der Waals surface area contributed by atoms with Gasteiger partial charge < -0.3 is 9.84 Å². The number of aryl methyl sites for hydroxylation is 1. The molecule has 0 radical (unpaired) electrons. The lowest BCUT2D eigenvalue weighted by atomic mass is 9.97. The maximum absolute atomic E-state index is 13.8. The standard InChI is InChI=1S/C20H17F2N3O2/c21-15-6-3-7-16(22)19(15)20-24-17(25-27-20)11-23-18(26)10-13-9-8-12-4-1-2-5-14(12)13/h1-7,13H,8-11H2,(H,23,26)/t13-/m1/s1. The van der Waals surface area contributed by atoms with Crippen LogP contribution in [-0.4, -0.2) is 16.0 Å². The predicted molar refractivity (Wildman–Crippen MR) is 93.6 cm³/mol. The first-order valence-corrected chi connectivity index (χ1v) is 8.73. The molecule has 3 aromatic rings. The van der Waals surface area contributed by atoms with E-state index in [9.17, 15) is 13.6 Å². The number of amides is 1. The summed E-state index contributed by atoms with van der Waals surface area (Å²) in [6.45, 7) is 0.0345. The second-order valence-electron chi connectivity index (χ2n) is 6.53. The quantitative estimate of drug-likeness (QED) is 0.744. The van der Waals surface area contributed by atoms with E-state index in [1.807, 2.05) is 12.1 Å². The summed E-state index contributed by atoms with van der Waals surface area (Å²) >= 11 is 0. The van der Waals surface area contributed by atoms with Crippen LogP contribution in [-0.2, 0) is 17.8 Å². The molecule has 5 nitrogen and oxygen atoms in total. The van der Waals surface area contributed by atoms with Crippen molar-refractivity contribution in [2.45, 2.75) is 31.7 Å². The number of fused-ring (bicyclic) bond motifs is 1. The minimum atomic E-state index is -0.783. The van der Waals surface area contributed by atoms with Crippen molar-refractivity contribution in [3.63, 3.8) is 0 Å². The Balaban J connectivity index is 1.37. The number of aromatic nitrogens is 2. The molecule has 138 valence electrons. The summed E-state index contributed by atoms with van der Waals surface area (Å²) in [7, 11) is 0. The molecular weight excluding hydrogens is 352 g/mol. The van der Waals surface area contributed by atoms with E-state index in [0.717, 1.165) is 25.0 Å². The van der Waals surface area contributed by atoms with Crippen molar-refractivity contribution in [2.75, 3.05) is 0 Å². The van der Waals surface area contributed by atoms with E-state index in [-0.39, 0.29) is 35.6 Å². The van der Waals surface area contributed by atoms with Gasteiger partial charge in [-0.25, -0.2) is 8.78 Å². The number of hydrogen-bond acceptors (Lipinski definition) is 4.